The number of hydrogen-bond acceptors (Lipinski definition) is 7. The number of carbonyl (C=O) groups excluding carboxylic acids is 2. The molecule has 0 saturated carbocycles. The summed E-state index contributed by atoms with van der Waals surface area (Å²) in [5.74, 6) is -1.10. The summed E-state index contributed by atoms with van der Waals surface area (Å²) in [5.41, 5.74) is 0. The second-order valence-corrected chi connectivity index (χ2v) is 15.6. The Morgan fingerprint density at radius 1 is 0.660 bits per heavy atom. The smallest absolute Gasteiger partial charge is 0.462 e. The predicted octanol–water partition coefficient (Wildman–Crippen LogP) is 10.3. The van der Waals surface area contributed by atoms with Crippen molar-refractivity contribution < 1.29 is 42.1 Å². The molecule has 2 atom stereocenters. The fourth-order valence-electron chi connectivity index (χ4n) is 4.94. The van der Waals surface area contributed by atoms with Gasteiger partial charge in [0.05, 0.1) is 27.7 Å². The third kappa shape index (κ3) is 35.8. The zero-order chi connectivity index (χ0) is 37.2. The fourth-order valence-corrected chi connectivity index (χ4v) is 5.68. The Kier molecular flexibility index (Phi) is 31.5. The van der Waals surface area contributed by atoms with Crippen molar-refractivity contribution in [3.05, 3.63) is 48.6 Å². The Labute approximate surface area is 305 Å². The van der Waals surface area contributed by atoms with Crippen molar-refractivity contribution in [2.75, 3.05) is 47.5 Å². The Morgan fingerprint density at radius 3 is 1.72 bits per heavy atom. The van der Waals surface area contributed by atoms with Gasteiger partial charge in [-0.2, -0.15) is 0 Å². The molecule has 290 valence electrons. The second kappa shape index (κ2) is 32.8. The maximum atomic E-state index is 12.5. The third-order valence-electron chi connectivity index (χ3n) is 8.04. The maximum Gasteiger partial charge on any atom is 0.472 e. The highest BCUT2D eigenvalue weighted by molar-refractivity contribution is 7.47. The highest BCUT2D eigenvalue weighted by Crippen LogP contribution is 2.43. The molecule has 0 aliphatic carbocycles. The predicted molar refractivity (Wildman–Crippen MR) is 206 cm³/mol. The van der Waals surface area contributed by atoms with Gasteiger partial charge in [-0.05, 0) is 19.3 Å². The molecule has 0 fully saturated rings. The van der Waals surface area contributed by atoms with Crippen molar-refractivity contribution in [2.24, 2.45) is 0 Å². The topological polar surface area (TPSA) is 108 Å². The van der Waals surface area contributed by atoms with Gasteiger partial charge in [-0.1, -0.05) is 159 Å². The van der Waals surface area contributed by atoms with E-state index in [2.05, 4.69) is 19.9 Å². The van der Waals surface area contributed by atoms with E-state index in [0.29, 0.717) is 11.0 Å². The van der Waals surface area contributed by atoms with E-state index in [1.54, 1.807) is 12.2 Å². The summed E-state index contributed by atoms with van der Waals surface area (Å²) in [6.07, 6.45) is 36.6. The number of quaternary nitrogens is 1. The molecule has 0 amide bonds. The Hall–Kier alpha value is -2.03. The number of phosphoric acid groups is 1. The van der Waals surface area contributed by atoms with Gasteiger partial charge in [0, 0.05) is 12.5 Å². The van der Waals surface area contributed by atoms with Crippen LogP contribution in [0.5, 0.6) is 0 Å². The lowest BCUT2D eigenvalue weighted by Crippen LogP contribution is -2.37. The summed E-state index contributed by atoms with van der Waals surface area (Å²) in [6.45, 7) is 4.21. The molecule has 0 aliphatic heterocycles. The summed E-state index contributed by atoms with van der Waals surface area (Å²) in [6, 6.07) is 0. The van der Waals surface area contributed by atoms with Gasteiger partial charge < -0.3 is 18.9 Å². The molecular weight excluding hydrogens is 653 g/mol. The molecule has 1 unspecified atom stereocenters. The van der Waals surface area contributed by atoms with Crippen molar-refractivity contribution in [3.8, 4) is 0 Å². The average molecular weight is 727 g/mol. The molecule has 9 nitrogen and oxygen atoms in total. The van der Waals surface area contributed by atoms with Crippen LogP contribution in [0.2, 0.25) is 0 Å². The van der Waals surface area contributed by atoms with Crippen molar-refractivity contribution in [1.29, 1.82) is 0 Å². The standard InChI is InChI=1S/C40H72NO8P/c1-6-8-10-12-14-16-18-19-20-21-23-25-27-29-31-33-40(43)49-38(37-48-50(44,45)47-35-34-41(3,4)5)36-46-39(42)32-30-28-26-24-22-17-15-13-11-9-7-2/h20-21,23,25,27,29,31,33,38H,6-19,22,24,26,28,30,32,34-37H2,1-5H3/p+1/b21-20-,25-23-,29-27+,33-31?/t38-/m1/s1. The van der Waals surface area contributed by atoms with Crippen LogP contribution < -0.4 is 0 Å². The largest absolute Gasteiger partial charge is 0.472 e. The van der Waals surface area contributed by atoms with Crippen LogP contribution >= 0.6 is 7.82 Å². The lowest BCUT2D eigenvalue weighted by atomic mass is 10.1. The first-order chi connectivity index (χ1) is 24.0. The molecule has 10 heteroatoms. The summed E-state index contributed by atoms with van der Waals surface area (Å²) < 4.78 is 33.9. The monoisotopic (exact) mass is 727 g/mol. The van der Waals surface area contributed by atoms with Crippen molar-refractivity contribution in [2.45, 2.75) is 148 Å². The van der Waals surface area contributed by atoms with Gasteiger partial charge in [-0.25, -0.2) is 9.36 Å². The number of hydrogen-bond donors (Lipinski definition) is 1. The Balaban J connectivity index is 4.66. The van der Waals surface area contributed by atoms with E-state index in [4.69, 9.17) is 18.5 Å². The van der Waals surface area contributed by atoms with E-state index in [-0.39, 0.29) is 19.6 Å². The molecule has 0 aromatic heterocycles. The Morgan fingerprint density at radius 2 is 1.16 bits per heavy atom. The van der Waals surface area contributed by atoms with E-state index in [1.165, 1.54) is 108 Å². The number of phosphoric ester groups is 1. The van der Waals surface area contributed by atoms with E-state index < -0.39 is 32.5 Å². The van der Waals surface area contributed by atoms with Crippen LogP contribution in [0, 0.1) is 0 Å². The van der Waals surface area contributed by atoms with Crippen LogP contribution in [0.1, 0.15) is 142 Å². The van der Waals surface area contributed by atoms with Gasteiger partial charge in [-0.15, -0.1) is 0 Å². The van der Waals surface area contributed by atoms with Gasteiger partial charge in [0.1, 0.15) is 19.8 Å². The molecule has 0 bridgehead atoms. The second-order valence-electron chi connectivity index (χ2n) is 14.1. The first-order valence-electron chi connectivity index (χ1n) is 19.4. The van der Waals surface area contributed by atoms with Gasteiger partial charge in [-0.3, -0.25) is 13.8 Å². The number of unbranched alkanes of at least 4 members (excludes halogenated alkanes) is 17. The van der Waals surface area contributed by atoms with Crippen molar-refractivity contribution >= 4 is 19.8 Å². The van der Waals surface area contributed by atoms with Gasteiger partial charge >= 0.3 is 19.8 Å². The highest BCUT2D eigenvalue weighted by Gasteiger charge is 2.26. The lowest BCUT2D eigenvalue weighted by Gasteiger charge is -2.24. The highest BCUT2D eigenvalue weighted by atomic mass is 31.2. The molecule has 0 spiro atoms. The summed E-state index contributed by atoms with van der Waals surface area (Å²) in [5, 5.41) is 0. The molecule has 50 heavy (non-hydrogen) atoms. The zero-order valence-corrected chi connectivity index (χ0v) is 33.3. The van der Waals surface area contributed by atoms with E-state index in [9.17, 15) is 19.0 Å². The minimum Gasteiger partial charge on any atom is -0.462 e. The summed E-state index contributed by atoms with van der Waals surface area (Å²) in [4.78, 5) is 35.0. The first-order valence-corrected chi connectivity index (χ1v) is 20.9. The molecule has 1 N–H and O–H groups in total. The maximum absolute atomic E-state index is 12.5. The van der Waals surface area contributed by atoms with Crippen molar-refractivity contribution in [3.63, 3.8) is 0 Å². The van der Waals surface area contributed by atoms with Crippen LogP contribution in [-0.2, 0) is 32.7 Å². The number of likely N-dealkylation sites (N-methyl/N-ethyl adjacent to an activating group) is 1. The lowest BCUT2D eigenvalue weighted by molar-refractivity contribution is -0.870. The first kappa shape index (κ1) is 48.0. The molecule has 0 aromatic carbocycles. The van der Waals surface area contributed by atoms with Gasteiger partial charge in [0.15, 0.2) is 6.10 Å². The minimum absolute atomic E-state index is 0.00812. The SMILES string of the molecule is CCCCCCCCC\C=C/C=C\C=C\C=CC(=O)O[C@H](COC(=O)CCCCCCCCCCCCC)COP(=O)(O)OCC[N+](C)(C)C. The van der Waals surface area contributed by atoms with E-state index in [1.807, 2.05) is 39.4 Å². The quantitative estimate of drug-likeness (QED) is 0.0174. The molecule has 0 rings (SSSR count). The minimum atomic E-state index is -4.40. The van der Waals surface area contributed by atoms with Crippen LogP contribution in [0.4, 0.5) is 0 Å². The number of esters is 2. The van der Waals surface area contributed by atoms with Gasteiger partial charge in [0.2, 0.25) is 0 Å². The molecule has 0 aliphatic rings. The third-order valence-corrected chi connectivity index (χ3v) is 9.02. The van der Waals surface area contributed by atoms with Crippen LogP contribution in [0.15, 0.2) is 48.6 Å². The molecule has 0 radical (unpaired) electrons. The number of ether oxygens (including phenoxy) is 2. The number of nitrogens with zero attached hydrogens (tertiary/aromatic N) is 1. The van der Waals surface area contributed by atoms with Crippen LogP contribution in [0.3, 0.4) is 0 Å². The Bertz CT molecular complexity index is 1000. The molecular formula is C40H73NO8P+. The number of allylic oxidation sites excluding steroid dienone is 7. The normalized spacial score (nSPS) is 14.3. The molecule has 0 heterocycles. The number of carbonyl (C=O) groups is 2. The van der Waals surface area contributed by atoms with Crippen molar-refractivity contribution in [1.82, 2.24) is 0 Å². The molecule has 0 saturated heterocycles. The van der Waals surface area contributed by atoms with Crippen LogP contribution in [0.25, 0.3) is 0 Å². The van der Waals surface area contributed by atoms with Gasteiger partial charge in [0.25, 0.3) is 0 Å². The summed E-state index contributed by atoms with van der Waals surface area (Å²) in [7, 11) is 1.39. The van der Waals surface area contributed by atoms with E-state index >= 15 is 0 Å². The zero-order valence-electron chi connectivity index (χ0n) is 32.4. The molecule has 0 aromatic rings. The summed E-state index contributed by atoms with van der Waals surface area (Å²) >= 11 is 0. The van der Waals surface area contributed by atoms with Crippen LogP contribution in [-0.4, -0.2) is 74.9 Å². The van der Waals surface area contributed by atoms with E-state index in [0.717, 1.165) is 25.7 Å². The number of rotatable bonds is 34. The average Bonchev–Trinajstić information content (AvgIpc) is 3.06. The fraction of sp³-hybridized carbons (Fsp3) is 0.750.